The van der Waals surface area contributed by atoms with Gasteiger partial charge in [-0.3, -0.25) is 0 Å². The molecule has 3 aromatic carbocycles. The fourth-order valence-electron chi connectivity index (χ4n) is 3.57. The van der Waals surface area contributed by atoms with Gasteiger partial charge >= 0.3 is 0 Å². The van der Waals surface area contributed by atoms with Crippen molar-refractivity contribution >= 4 is 11.0 Å². The highest BCUT2D eigenvalue weighted by molar-refractivity contribution is 5.74. The highest BCUT2D eigenvalue weighted by Crippen LogP contribution is 2.40. The first kappa shape index (κ1) is 18.0. The van der Waals surface area contributed by atoms with Crippen LogP contribution in [0.15, 0.2) is 79.4 Å². The number of benzene rings is 3. The Morgan fingerprint density at radius 1 is 0.964 bits per heavy atom. The van der Waals surface area contributed by atoms with E-state index in [2.05, 4.69) is 48.8 Å². The van der Waals surface area contributed by atoms with E-state index in [4.69, 9.17) is 0 Å². The molecule has 1 aromatic heterocycles. The van der Waals surface area contributed by atoms with E-state index in [-0.39, 0.29) is 11.2 Å². The Bertz CT molecular complexity index is 1110. The summed E-state index contributed by atoms with van der Waals surface area (Å²) in [5, 5.41) is 20.4. The average Bonchev–Trinajstić information content (AvgIpc) is 3.14. The van der Waals surface area contributed by atoms with E-state index in [0.717, 1.165) is 27.7 Å². The van der Waals surface area contributed by atoms with Gasteiger partial charge < -0.3 is 5.11 Å². The second-order valence-electron chi connectivity index (χ2n) is 7.47. The third-order valence-corrected chi connectivity index (χ3v) is 5.20. The lowest BCUT2D eigenvalue weighted by atomic mass is 9.77. The minimum absolute atomic E-state index is 0.196. The van der Waals surface area contributed by atoms with Crippen molar-refractivity contribution in [2.75, 3.05) is 0 Å². The molecule has 0 unspecified atom stereocenters. The summed E-state index contributed by atoms with van der Waals surface area (Å²) in [4.78, 5) is 1.52. The Kier molecular flexibility index (Phi) is 4.47. The van der Waals surface area contributed by atoms with Gasteiger partial charge in [-0.2, -0.15) is 0 Å². The molecule has 0 spiro atoms. The van der Waals surface area contributed by atoms with E-state index in [1.807, 2.05) is 54.6 Å². The standard InChI is InChI=1S/C24H23N3O/c1-4-10-17-15-19(24(2,3)18-11-6-5-7-12-18)23(28)22(16-17)27-25-20-13-8-9-14-21(20)26-27/h4-9,11-16,28H,1,10H2,2-3H3. The molecule has 0 fully saturated rings. The summed E-state index contributed by atoms with van der Waals surface area (Å²) in [6, 6.07) is 21.9. The van der Waals surface area contributed by atoms with Gasteiger partial charge in [0.1, 0.15) is 22.5 Å². The maximum atomic E-state index is 11.2. The number of phenols is 1. The van der Waals surface area contributed by atoms with Gasteiger partial charge in [0.25, 0.3) is 0 Å². The smallest absolute Gasteiger partial charge is 0.147 e. The molecule has 0 aliphatic carbocycles. The lowest BCUT2D eigenvalue weighted by molar-refractivity contribution is 0.446. The number of aromatic nitrogens is 3. The topological polar surface area (TPSA) is 50.9 Å². The van der Waals surface area contributed by atoms with Gasteiger partial charge in [-0.1, -0.05) is 68.5 Å². The molecule has 0 saturated carbocycles. The highest BCUT2D eigenvalue weighted by atomic mass is 16.3. The minimum atomic E-state index is -0.385. The van der Waals surface area contributed by atoms with Crippen LogP contribution in [0.5, 0.6) is 5.75 Å². The molecule has 4 aromatic rings. The monoisotopic (exact) mass is 369 g/mol. The zero-order valence-corrected chi connectivity index (χ0v) is 16.1. The molecule has 0 amide bonds. The number of fused-ring (bicyclic) bond motifs is 1. The van der Waals surface area contributed by atoms with Crippen LogP contribution in [0.25, 0.3) is 16.7 Å². The van der Waals surface area contributed by atoms with Gasteiger partial charge in [0, 0.05) is 11.0 Å². The fourth-order valence-corrected chi connectivity index (χ4v) is 3.57. The van der Waals surface area contributed by atoms with Crippen molar-refractivity contribution in [3.8, 4) is 11.4 Å². The zero-order valence-electron chi connectivity index (χ0n) is 16.1. The van der Waals surface area contributed by atoms with Crippen LogP contribution in [-0.2, 0) is 11.8 Å². The third kappa shape index (κ3) is 3.07. The average molecular weight is 369 g/mol. The SMILES string of the molecule is C=CCc1cc(-n2nc3ccccc3n2)c(O)c(C(C)(C)c2ccccc2)c1. The molecule has 0 aliphatic rings. The summed E-state index contributed by atoms with van der Waals surface area (Å²) in [7, 11) is 0. The Morgan fingerprint density at radius 2 is 1.57 bits per heavy atom. The minimum Gasteiger partial charge on any atom is -0.505 e. The molecule has 4 rings (SSSR count). The lowest BCUT2D eigenvalue weighted by Crippen LogP contribution is -2.20. The van der Waals surface area contributed by atoms with Gasteiger partial charge in [0.2, 0.25) is 0 Å². The number of hydrogen-bond donors (Lipinski definition) is 1. The van der Waals surface area contributed by atoms with Crippen LogP contribution < -0.4 is 0 Å². The molecule has 1 N–H and O–H groups in total. The molecular formula is C24H23N3O. The molecule has 0 atom stereocenters. The van der Waals surface area contributed by atoms with E-state index in [0.29, 0.717) is 12.1 Å². The summed E-state index contributed by atoms with van der Waals surface area (Å²) in [6.45, 7) is 8.10. The first-order valence-electron chi connectivity index (χ1n) is 9.36. The number of hydrogen-bond acceptors (Lipinski definition) is 3. The summed E-state index contributed by atoms with van der Waals surface area (Å²) < 4.78 is 0. The summed E-state index contributed by atoms with van der Waals surface area (Å²) in [5.74, 6) is 0.196. The number of aromatic hydroxyl groups is 1. The predicted octanol–water partition coefficient (Wildman–Crippen LogP) is 5.18. The summed E-state index contributed by atoms with van der Waals surface area (Å²) in [6.07, 6.45) is 2.56. The number of phenolic OH excluding ortho intramolecular Hbond substituents is 1. The van der Waals surface area contributed by atoms with Gasteiger partial charge in [-0.25, -0.2) is 0 Å². The fraction of sp³-hybridized carbons (Fsp3) is 0.167. The van der Waals surface area contributed by atoms with Crippen molar-refractivity contribution in [1.82, 2.24) is 15.0 Å². The molecule has 28 heavy (non-hydrogen) atoms. The van der Waals surface area contributed by atoms with Gasteiger partial charge in [-0.15, -0.1) is 21.6 Å². The largest absolute Gasteiger partial charge is 0.505 e. The predicted molar refractivity (Wildman–Crippen MR) is 113 cm³/mol. The quantitative estimate of drug-likeness (QED) is 0.493. The highest BCUT2D eigenvalue weighted by Gasteiger charge is 2.28. The normalized spacial score (nSPS) is 11.6. The molecule has 140 valence electrons. The van der Waals surface area contributed by atoms with Crippen molar-refractivity contribution < 1.29 is 5.11 Å². The lowest BCUT2D eigenvalue weighted by Gasteiger charge is -2.28. The summed E-state index contributed by atoms with van der Waals surface area (Å²) >= 11 is 0. The van der Waals surface area contributed by atoms with Crippen LogP contribution in [0, 0.1) is 0 Å². The van der Waals surface area contributed by atoms with Crippen LogP contribution >= 0.6 is 0 Å². The molecule has 0 radical (unpaired) electrons. The van der Waals surface area contributed by atoms with E-state index in [9.17, 15) is 5.11 Å². The Hall–Kier alpha value is -3.40. The molecule has 0 aliphatic heterocycles. The first-order chi connectivity index (χ1) is 13.5. The maximum Gasteiger partial charge on any atom is 0.147 e. The van der Waals surface area contributed by atoms with Crippen LogP contribution in [0.2, 0.25) is 0 Å². The number of rotatable bonds is 5. The van der Waals surface area contributed by atoms with Crippen molar-refractivity contribution in [1.29, 1.82) is 0 Å². The van der Waals surface area contributed by atoms with E-state index >= 15 is 0 Å². The molecule has 4 nitrogen and oxygen atoms in total. The zero-order chi connectivity index (χ0) is 19.7. The van der Waals surface area contributed by atoms with Crippen LogP contribution in [0.1, 0.15) is 30.5 Å². The number of nitrogens with zero attached hydrogens (tertiary/aromatic N) is 3. The first-order valence-corrected chi connectivity index (χ1v) is 9.36. The second kappa shape index (κ2) is 6.97. The molecule has 4 heteroatoms. The Labute approximate surface area is 164 Å². The van der Waals surface area contributed by atoms with Crippen LogP contribution in [0.3, 0.4) is 0 Å². The van der Waals surface area contributed by atoms with Crippen LogP contribution in [0.4, 0.5) is 0 Å². The van der Waals surface area contributed by atoms with Crippen molar-refractivity contribution in [3.05, 3.63) is 96.1 Å². The van der Waals surface area contributed by atoms with Gasteiger partial charge in [-0.05, 0) is 35.7 Å². The summed E-state index contributed by atoms with van der Waals surface area (Å²) in [5.41, 5.74) is 4.81. The Morgan fingerprint density at radius 3 is 2.18 bits per heavy atom. The third-order valence-electron chi connectivity index (χ3n) is 5.20. The second-order valence-corrected chi connectivity index (χ2v) is 7.47. The molecule has 0 saturated heterocycles. The Balaban J connectivity index is 1.93. The molecular weight excluding hydrogens is 346 g/mol. The van der Waals surface area contributed by atoms with Crippen molar-refractivity contribution in [2.45, 2.75) is 25.7 Å². The van der Waals surface area contributed by atoms with Gasteiger partial charge in [0.15, 0.2) is 0 Å². The van der Waals surface area contributed by atoms with E-state index < -0.39 is 0 Å². The maximum absolute atomic E-state index is 11.2. The molecule has 0 bridgehead atoms. The molecule has 1 heterocycles. The van der Waals surface area contributed by atoms with Gasteiger partial charge in [0.05, 0.1) is 0 Å². The van der Waals surface area contributed by atoms with Crippen LogP contribution in [-0.4, -0.2) is 20.1 Å². The van der Waals surface area contributed by atoms with Crippen molar-refractivity contribution in [2.24, 2.45) is 0 Å². The van der Waals surface area contributed by atoms with Crippen molar-refractivity contribution in [3.63, 3.8) is 0 Å². The number of allylic oxidation sites excluding steroid dienone is 1. The van der Waals surface area contributed by atoms with E-state index in [1.54, 1.807) is 0 Å². The van der Waals surface area contributed by atoms with E-state index in [1.165, 1.54) is 4.80 Å².